The van der Waals surface area contributed by atoms with E-state index in [1.54, 1.807) is 73.2 Å². The zero-order valence-corrected chi connectivity index (χ0v) is 35.2. The molecular formula is C30H27Br3Mn3N9O7. The van der Waals surface area contributed by atoms with Gasteiger partial charge in [0.1, 0.15) is 0 Å². The zero-order valence-electron chi connectivity index (χ0n) is 26.9. The van der Waals surface area contributed by atoms with Crippen molar-refractivity contribution in [2.45, 2.75) is 0 Å². The number of aromatic nitrogens is 6. The fraction of sp³-hybridized carbons (Fsp3) is 0.100. The minimum absolute atomic E-state index is 0. The van der Waals surface area contributed by atoms with E-state index < -0.39 is 0 Å². The van der Waals surface area contributed by atoms with Gasteiger partial charge in [0, 0.05) is 52.8 Å². The van der Waals surface area contributed by atoms with Gasteiger partial charge in [-0.2, -0.15) is 6.20 Å². The van der Waals surface area contributed by atoms with Crippen LogP contribution in [0.1, 0.15) is 0 Å². The number of hydrogen-bond acceptors (Lipinski definition) is 9. The second kappa shape index (κ2) is 34.9. The fourth-order valence-corrected chi connectivity index (χ4v) is 4.32. The van der Waals surface area contributed by atoms with Gasteiger partial charge in [0.15, 0.2) is 0 Å². The molecule has 0 saturated carbocycles. The normalized spacial score (nSPS) is 8.17. The van der Waals surface area contributed by atoms with E-state index in [4.69, 9.17) is 26.4 Å². The molecule has 0 bridgehead atoms. The van der Waals surface area contributed by atoms with Crippen LogP contribution in [0.3, 0.4) is 0 Å². The second-order valence-corrected chi connectivity index (χ2v) is 10.5. The fourth-order valence-electron chi connectivity index (χ4n) is 3.24. The van der Waals surface area contributed by atoms with Gasteiger partial charge in [-0.3, -0.25) is 4.91 Å². The summed E-state index contributed by atoms with van der Waals surface area (Å²) in [6, 6.07) is 20.0. The van der Waals surface area contributed by atoms with E-state index in [1.807, 2.05) is 0 Å². The van der Waals surface area contributed by atoms with E-state index in [1.165, 1.54) is 23.1 Å². The van der Waals surface area contributed by atoms with Crippen molar-refractivity contribution in [2.75, 3.05) is 21.3 Å². The molecule has 6 aromatic rings. The van der Waals surface area contributed by atoms with Gasteiger partial charge in [0.2, 0.25) is 0 Å². The van der Waals surface area contributed by atoms with E-state index in [0.29, 0.717) is 33.8 Å². The predicted molar refractivity (Wildman–Crippen MR) is 186 cm³/mol. The third-order valence-corrected chi connectivity index (χ3v) is 6.53. The van der Waals surface area contributed by atoms with Crippen molar-refractivity contribution in [1.29, 1.82) is 0 Å². The van der Waals surface area contributed by atoms with Gasteiger partial charge in [-0.05, 0) is 53.1 Å². The van der Waals surface area contributed by atoms with Crippen LogP contribution in [0.25, 0.3) is 49.7 Å². The van der Waals surface area contributed by atoms with Crippen LogP contribution in [-0.2, 0) is 56.7 Å². The first-order chi connectivity index (χ1) is 23.2. The van der Waals surface area contributed by atoms with Crippen LogP contribution in [0.2, 0.25) is 0 Å². The molecule has 3 heterocycles. The molecule has 3 aromatic carbocycles. The van der Waals surface area contributed by atoms with Crippen LogP contribution in [0.15, 0.2) is 105 Å². The molecule has 0 radical (unpaired) electrons. The number of benzene rings is 3. The van der Waals surface area contributed by atoms with Crippen LogP contribution >= 0.6 is 47.8 Å². The summed E-state index contributed by atoms with van der Waals surface area (Å²) in [4.78, 5) is 1.50. The third kappa shape index (κ3) is 20.8. The molecule has 0 atom stereocenters. The van der Waals surface area contributed by atoms with Crippen molar-refractivity contribution in [3.8, 4) is 51.0 Å². The van der Waals surface area contributed by atoms with Gasteiger partial charge in [0.25, 0.3) is 0 Å². The Kier molecular flexibility index (Phi) is 39.0. The average molecular weight is 1030 g/mol. The van der Waals surface area contributed by atoms with Crippen molar-refractivity contribution in [1.82, 2.24) is 30.6 Å². The van der Waals surface area contributed by atoms with Crippen LogP contribution in [0.4, 0.5) is 0 Å². The minimum Gasteiger partial charge on any atom is -2.00 e. The van der Waals surface area contributed by atoms with Crippen molar-refractivity contribution >= 4 is 47.8 Å². The molecule has 0 aliphatic carbocycles. The Bertz CT molecular complexity index is 1560. The Morgan fingerprint density at radius 2 is 0.904 bits per heavy atom. The number of rotatable bonds is 3. The quantitative estimate of drug-likeness (QED) is 0.0973. The van der Waals surface area contributed by atoms with Crippen molar-refractivity contribution < 1.29 is 87.3 Å². The topological polar surface area (TPSA) is 298 Å². The summed E-state index contributed by atoms with van der Waals surface area (Å²) in [6.45, 7) is 0. The van der Waals surface area contributed by atoms with E-state index in [0.717, 1.165) is 34.7 Å². The summed E-state index contributed by atoms with van der Waals surface area (Å²) < 4.78 is 2.60. The molecule has 0 fully saturated rings. The number of halogens is 3. The molecule has 0 spiro atoms. The number of nitrogens with zero attached hydrogens (tertiary/aromatic N) is 9. The Hall–Kier alpha value is -3.16. The molecule has 22 heteroatoms. The third-order valence-electron chi connectivity index (χ3n) is 5.05. The van der Waals surface area contributed by atoms with E-state index in [-0.39, 0.29) is 73.9 Å². The summed E-state index contributed by atoms with van der Waals surface area (Å²) in [5, 5.41) is 77.6. The first kappa shape index (κ1) is 58.2. The molecule has 52 heavy (non-hydrogen) atoms. The molecule has 0 aliphatic rings. The first-order valence-electron chi connectivity index (χ1n) is 12.8. The van der Waals surface area contributed by atoms with Crippen molar-refractivity contribution in [3.63, 3.8) is 0 Å². The molecule has 0 saturated heterocycles. The maximum absolute atomic E-state index is 11.4. The SMILES string of the molecule is CO.CO.CO.[Mn+3].[Mn+3].[Mn+3].[N-]=[N+]=[N-].[O-2].[O-]c1ccc(Br)cc1-c1cc[n-]n1.[O-]c1ccc(Br)cc1-c1ccn[n-]1.[O-]c1ccc(Br)cc1-c1ccn[n-]1. The van der Waals surface area contributed by atoms with E-state index >= 15 is 0 Å². The number of aliphatic hydroxyl groups excluding tert-OH is 3. The maximum Gasteiger partial charge on any atom is 3.00 e. The molecule has 0 aliphatic heterocycles. The summed E-state index contributed by atoms with van der Waals surface area (Å²) in [5.74, 6) is -0.115. The summed E-state index contributed by atoms with van der Waals surface area (Å²) in [7, 11) is 3.00. The van der Waals surface area contributed by atoms with Gasteiger partial charge in [-0.25, -0.2) is 0 Å². The molecule has 276 valence electrons. The van der Waals surface area contributed by atoms with Crippen molar-refractivity contribution in [2.24, 2.45) is 0 Å². The van der Waals surface area contributed by atoms with Gasteiger partial charge >= 0.3 is 51.2 Å². The largest absolute Gasteiger partial charge is 3.00 e. The molecule has 3 N–H and O–H groups in total. The minimum atomic E-state index is -0.0382. The van der Waals surface area contributed by atoms with E-state index in [2.05, 4.69) is 78.4 Å². The summed E-state index contributed by atoms with van der Waals surface area (Å²) >= 11 is 9.88. The van der Waals surface area contributed by atoms with Gasteiger partial charge in [-0.1, -0.05) is 89.9 Å². The van der Waals surface area contributed by atoms with Crippen LogP contribution < -0.4 is 30.6 Å². The predicted octanol–water partition coefficient (Wildman–Crippen LogP) is 4.19. The monoisotopic (exact) mass is 1030 g/mol. The Morgan fingerprint density at radius 3 is 1.19 bits per heavy atom. The van der Waals surface area contributed by atoms with Crippen LogP contribution in [0.5, 0.6) is 17.2 Å². The van der Waals surface area contributed by atoms with Gasteiger partial charge in [-0.15, -0.1) is 22.9 Å². The van der Waals surface area contributed by atoms with Gasteiger partial charge < -0.3 is 77.8 Å². The van der Waals surface area contributed by atoms with Crippen LogP contribution in [0, 0.1) is 0 Å². The summed E-state index contributed by atoms with van der Waals surface area (Å²) in [6.07, 6.45) is 4.70. The molecule has 0 amide bonds. The zero-order chi connectivity index (χ0) is 36.5. The average Bonchev–Trinajstić information content (AvgIpc) is 3.93. The Labute approximate surface area is 356 Å². The number of hydrogen-bond donors (Lipinski definition) is 3. The first-order valence-corrected chi connectivity index (χ1v) is 15.2. The molecule has 6 rings (SSSR count). The van der Waals surface area contributed by atoms with Gasteiger partial charge in [0.05, 0.1) is 0 Å². The molecule has 3 aromatic heterocycles. The Morgan fingerprint density at radius 1 is 0.577 bits per heavy atom. The molecule has 0 unspecified atom stereocenters. The summed E-state index contributed by atoms with van der Waals surface area (Å²) in [5.41, 5.74) is 17.1. The van der Waals surface area contributed by atoms with E-state index in [9.17, 15) is 15.3 Å². The molecular weight excluding hydrogens is 1000 g/mol. The van der Waals surface area contributed by atoms with Crippen LogP contribution in [-0.4, -0.2) is 51.9 Å². The maximum atomic E-state index is 11.4. The standard InChI is InChI=1S/3C9H6BrN2O.3CH4O.3Mn.N3.O/c3*10-6-1-2-9(13)7(5-6)8-3-4-11-12-8;3*1-2;;;;1-3-2;/h3*1-5H,(H-,11,12,13);3*2H,1H3;;;;;/q3*-1;;;;3*+3;-1;-2/p-3. The Balaban J connectivity index is -0.000000185. The smallest absolute Gasteiger partial charge is 2.00 e. The molecule has 16 nitrogen and oxygen atoms in total. The second-order valence-electron chi connectivity index (χ2n) is 7.76. The number of aliphatic hydroxyl groups is 3. The van der Waals surface area contributed by atoms with Crippen molar-refractivity contribution in [3.05, 3.63) is 121 Å².